The Hall–Kier alpha value is -4.37. The molecule has 1 saturated heterocycles. The Balaban J connectivity index is 1.46. The van der Waals surface area contributed by atoms with Gasteiger partial charge in [-0.3, -0.25) is 14.4 Å². The van der Waals surface area contributed by atoms with Crippen LogP contribution in [0.3, 0.4) is 0 Å². The first-order chi connectivity index (χ1) is 22.9. The molecule has 1 aliphatic carbocycles. The van der Waals surface area contributed by atoms with Crippen molar-refractivity contribution < 1.29 is 45.8 Å². The first kappa shape index (κ1) is 35.9. The number of carboxylic acid groups (broad SMARTS) is 1. The van der Waals surface area contributed by atoms with Gasteiger partial charge in [-0.25, -0.2) is 14.8 Å². The molecule has 2 aromatic heterocycles. The fourth-order valence-electron chi connectivity index (χ4n) is 6.77. The Labute approximate surface area is 279 Å². The maximum atomic E-state index is 13.6. The molecule has 49 heavy (non-hydrogen) atoms. The number of cyclic esters (lactones) is 1. The lowest BCUT2D eigenvalue weighted by molar-refractivity contribution is -0.143. The van der Waals surface area contributed by atoms with E-state index in [2.05, 4.69) is 5.10 Å². The second-order valence-electron chi connectivity index (χ2n) is 12.9. The van der Waals surface area contributed by atoms with Crippen LogP contribution in [-0.2, 0) is 35.5 Å². The first-order valence-electron chi connectivity index (χ1n) is 16.0. The van der Waals surface area contributed by atoms with Crippen LogP contribution >= 0.6 is 0 Å². The summed E-state index contributed by atoms with van der Waals surface area (Å²) in [7, 11) is 1.74. The third-order valence-electron chi connectivity index (χ3n) is 9.33. The lowest BCUT2D eigenvalue weighted by atomic mass is 9.80. The molecule has 2 atom stereocenters. The zero-order valence-corrected chi connectivity index (χ0v) is 27.5. The number of ether oxygens (including phenoxy) is 1. The van der Waals surface area contributed by atoms with E-state index in [0.717, 1.165) is 31.4 Å². The summed E-state index contributed by atoms with van der Waals surface area (Å²) in [4.78, 5) is 37.3. The van der Waals surface area contributed by atoms with Crippen molar-refractivity contribution in [2.45, 2.75) is 83.9 Å². The van der Waals surface area contributed by atoms with Crippen molar-refractivity contribution in [2.75, 3.05) is 18.0 Å². The molecule has 1 saturated carbocycles. The molecule has 0 bridgehead atoms. The number of nitrogens with zero attached hydrogens (tertiary/aromatic N) is 6. The largest absolute Gasteiger partial charge is 0.481 e. The van der Waals surface area contributed by atoms with Gasteiger partial charge in [-0.15, -0.1) is 0 Å². The number of carboxylic acids is 1. The molecule has 1 amide bonds. The summed E-state index contributed by atoms with van der Waals surface area (Å²) in [5.41, 5.74) is -1.22. The molecular weight excluding hydrogens is 658 g/mol. The Morgan fingerprint density at radius 3 is 2.16 bits per heavy atom. The Morgan fingerprint density at radius 1 is 1.02 bits per heavy atom. The number of hydrogen-bond acceptors (Lipinski definition) is 7. The number of aliphatic carboxylic acids is 1. The molecule has 3 heterocycles. The maximum Gasteiger partial charge on any atom is 0.416 e. The van der Waals surface area contributed by atoms with Crippen molar-refractivity contribution >= 4 is 17.9 Å². The highest BCUT2D eigenvalue weighted by atomic mass is 19.4. The molecule has 0 spiro atoms. The first-order valence-corrected chi connectivity index (χ1v) is 16.0. The van der Waals surface area contributed by atoms with E-state index in [-0.39, 0.29) is 30.9 Å². The van der Waals surface area contributed by atoms with Gasteiger partial charge in [-0.1, -0.05) is 0 Å². The van der Waals surface area contributed by atoms with Crippen LogP contribution in [0.25, 0.3) is 11.4 Å². The number of rotatable bonds is 10. The van der Waals surface area contributed by atoms with Gasteiger partial charge in [-0.2, -0.15) is 31.4 Å². The smallest absolute Gasteiger partial charge is 0.416 e. The number of carbonyl (C=O) groups excluding carboxylic acids is 1. The number of hydrogen-bond donors (Lipinski definition) is 1. The predicted molar refractivity (Wildman–Crippen MR) is 165 cm³/mol. The summed E-state index contributed by atoms with van der Waals surface area (Å²) in [5.74, 6) is 0.0380. The number of alkyl halides is 6. The highest BCUT2D eigenvalue weighted by Crippen LogP contribution is 2.41. The van der Waals surface area contributed by atoms with E-state index in [1.54, 1.807) is 17.9 Å². The van der Waals surface area contributed by atoms with Crippen molar-refractivity contribution in [1.82, 2.24) is 24.6 Å². The lowest BCUT2D eigenvalue weighted by Gasteiger charge is -2.33. The van der Waals surface area contributed by atoms with Crippen LogP contribution in [0.1, 0.15) is 80.1 Å². The minimum Gasteiger partial charge on any atom is -0.481 e. The SMILES string of the molecule is CCN(CC1CCC(CC(=O)O)CC1)c1ncc(-c2cc(C)nn2C)nc1CN1C(=O)OC(c2cc(C(F)(F)F)cc(C(F)(F)F)c2)C1C. The van der Waals surface area contributed by atoms with Gasteiger partial charge in [0.15, 0.2) is 5.82 Å². The van der Waals surface area contributed by atoms with Crippen molar-refractivity contribution in [1.29, 1.82) is 0 Å². The van der Waals surface area contributed by atoms with Gasteiger partial charge in [0.1, 0.15) is 17.5 Å². The molecule has 16 heteroatoms. The monoisotopic (exact) mass is 696 g/mol. The van der Waals surface area contributed by atoms with Crippen LogP contribution in [0.15, 0.2) is 30.5 Å². The molecule has 1 aliphatic heterocycles. The molecule has 266 valence electrons. The van der Waals surface area contributed by atoms with Crippen molar-refractivity contribution in [3.05, 3.63) is 58.5 Å². The van der Waals surface area contributed by atoms with Crippen LogP contribution in [-0.4, -0.2) is 60.9 Å². The number of amides is 1. The van der Waals surface area contributed by atoms with Gasteiger partial charge in [0.25, 0.3) is 0 Å². The second-order valence-corrected chi connectivity index (χ2v) is 12.9. The van der Waals surface area contributed by atoms with E-state index in [9.17, 15) is 41.0 Å². The topological polar surface area (TPSA) is 114 Å². The van der Waals surface area contributed by atoms with E-state index in [1.165, 1.54) is 11.8 Å². The molecule has 2 fully saturated rings. The number of anilines is 1. The van der Waals surface area contributed by atoms with Gasteiger partial charge < -0.3 is 14.7 Å². The quantitative estimate of drug-likeness (QED) is 0.218. The standard InChI is InChI=1S/C33H38F6N6O4/c1-5-44(16-21-8-6-20(7-9-21)11-28(46)47)30-26(41-25(15-40-30)27-10-18(2)42-43(27)4)17-45-19(3)29(49-31(45)48)22-12-23(32(34,35)36)14-24(13-22)33(37,38)39/h10,12-15,19-21,29H,5-9,11,16-17H2,1-4H3,(H,46,47). The predicted octanol–water partition coefficient (Wildman–Crippen LogP) is 7.41. The fraction of sp³-hybridized carbons (Fsp3) is 0.545. The Morgan fingerprint density at radius 2 is 1.63 bits per heavy atom. The summed E-state index contributed by atoms with van der Waals surface area (Å²) in [6.45, 7) is 6.18. The van der Waals surface area contributed by atoms with Gasteiger partial charge in [0.05, 0.1) is 41.3 Å². The van der Waals surface area contributed by atoms with Gasteiger partial charge in [-0.05, 0) is 88.1 Å². The van der Waals surface area contributed by atoms with Crippen LogP contribution < -0.4 is 4.90 Å². The normalized spacial score (nSPS) is 21.6. The van der Waals surface area contributed by atoms with Crippen LogP contribution in [0.2, 0.25) is 0 Å². The molecule has 2 unspecified atom stereocenters. The number of aryl methyl sites for hydroxylation is 2. The second kappa shape index (κ2) is 13.9. The highest BCUT2D eigenvalue weighted by Gasteiger charge is 2.44. The number of halogens is 6. The van der Waals surface area contributed by atoms with E-state index >= 15 is 0 Å². The molecule has 0 radical (unpaired) electrons. The Bertz CT molecular complexity index is 1650. The minimum atomic E-state index is -5.06. The summed E-state index contributed by atoms with van der Waals surface area (Å²) in [6.07, 6.45) is -7.49. The van der Waals surface area contributed by atoms with E-state index < -0.39 is 53.3 Å². The molecule has 5 rings (SSSR count). The summed E-state index contributed by atoms with van der Waals surface area (Å²) in [5, 5.41) is 13.6. The minimum absolute atomic E-state index is 0.0359. The maximum absolute atomic E-state index is 13.6. The third kappa shape index (κ3) is 8.10. The summed E-state index contributed by atoms with van der Waals surface area (Å²) >= 11 is 0. The van der Waals surface area contributed by atoms with E-state index in [1.807, 2.05) is 24.8 Å². The number of benzene rings is 1. The van der Waals surface area contributed by atoms with Gasteiger partial charge in [0.2, 0.25) is 0 Å². The lowest BCUT2D eigenvalue weighted by Crippen LogP contribution is -2.36. The summed E-state index contributed by atoms with van der Waals surface area (Å²) < 4.78 is 88.8. The number of aromatic nitrogens is 4. The van der Waals surface area contributed by atoms with Gasteiger partial charge in [0, 0.05) is 26.6 Å². The zero-order valence-electron chi connectivity index (χ0n) is 27.5. The van der Waals surface area contributed by atoms with Crippen molar-refractivity contribution in [2.24, 2.45) is 18.9 Å². The fourth-order valence-corrected chi connectivity index (χ4v) is 6.77. The number of carbonyl (C=O) groups is 2. The van der Waals surface area contributed by atoms with Crippen molar-refractivity contribution in [3.63, 3.8) is 0 Å². The molecule has 1 N–H and O–H groups in total. The Kier molecular flexibility index (Phi) is 10.2. The molecule has 2 aliphatic rings. The van der Waals surface area contributed by atoms with E-state index in [4.69, 9.17) is 14.7 Å². The average molecular weight is 697 g/mol. The highest BCUT2D eigenvalue weighted by molar-refractivity contribution is 5.71. The van der Waals surface area contributed by atoms with E-state index in [0.29, 0.717) is 48.1 Å². The van der Waals surface area contributed by atoms with Crippen LogP contribution in [0, 0.1) is 18.8 Å². The van der Waals surface area contributed by atoms with Crippen LogP contribution in [0.5, 0.6) is 0 Å². The molecule has 1 aromatic carbocycles. The average Bonchev–Trinajstić information content (AvgIpc) is 3.51. The van der Waals surface area contributed by atoms with Crippen molar-refractivity contribution in [3.8, 4) is 11.4 Å². The molecular formula is C33H38F6N6O4. The third-order valence-corrected chi connectivity index (χ3v) is 9.33. The van der Waals surface area contributed by atoms with Crippen LogP contribution in [0.4, 0.5) is 37.0 Å². The summed E-state index contributed by atoms with van der Waals surface area (Å²) in [6, 6.07) is 2.04. The van der Waals surface area contributed by atoms with Gasteiger partial charge >= 0.3 is 24.4 Å². The zero-order chi connectivity index (χ0) is 35.8. The molecule has 3 aromatic rings. The molecule has 10 nitrogen and oxygen atoms in total.